The van der Waals surface area contributed by atoms with Gasteiger partial charge >= 0.3 is 0 Å². The molecular weight excluding hydrogens is 336 g/mol. The standard InChI is InChI=1S/C18H14N4O4/c1-12-9-15(5-7-19-12)26-16-6-8-20-17(11-16)21-18(23)13-3-2-4-14(10-13)22(24)25/h2-11H,1H3,(H,20,21,23). The number of nitrogens with zero attached hydrogens (tertiary/aromatic N) is 3. The lowest BCUT2D eigenvalue weighted by atomic mass is 10.2. The number of carbonyl (C=O) groups excluding carboxylic acids is 1. The van der Waals surface area contributed by atoms with Crippen LogP contribution in [0.1, 0.15) is 16.1 Å². The summed E-state index contributed by atoms with van der Waals surface area (Å²) in [5.41, 5.74) is 0.823. The van der Waals surface area contributed by atoms with Crippen LogP contribution < -0.4 is 10.1 Å². The fraction of sp³-hybridized carbons (Fsp3) is 0.0556. The van der Waals surface area contributed by atoms with Gasteiger partial charge in [0.15, 0.2) is 0 Å². The molecule has 0 aliphatic heterocycles. The number of anilines is 1. The van der Waals surface area contributed by atoms with Crippen LogP contribution in [0.2, 0.25) is 0 Å². The van der Waals surface area contributed by atoms with Crippen molar-refractivity contribution in [2.45, 2.75) is 6.92 Å². The van der Waals surface area contributed by atoms with Crippen molar-refractivity contribution < 1.29 is 14.5 Å². The van der Waals surface area contributed by atoms with Crippen molar-refractivity contribution in [2.24, 2.45) is 0 Å². The third-order valence-corrected chi connectivity index (χ3v) is 3.40. The number of nitrogens with one attached hydrogen (secondary N) is 1. The van der Waals surface area contributed by atoms with E-state index in [1.54, 1.807) is 30.5 Å². The van der Waals surface area contributed by atoms with Crippen molar-refractivity contribution in [1.29, 1.82) is 0 Å². The van der Waals surface area contributed by atoms with Crippen LogP contribution in [0.15, 0.2) is 60.9 Å². The number of nitro benzene ring substituents is 1. The molecule has 0 spiro atoms. The number of benzene rings is 1. The van der Waals surface area contributed by atoms with Gasteiger partial charge in [-0.15, -0.1) is 0 Å². The van der Waals surface area contributed by atoms with E-state index in [0.29, 0.717) is 11.5 Å². The van der Waals surface area contributed by atoms with Gasteiger partial charge in [-0.3, -0.25) is 19.9 Å². The third kappa shape index (κ3) is 4.18. The molecule has 2 aromatic heterocycles. The Morgan fingerprint density at radius 1 is 1.08 bits per heavy atom. The molecule has 8 heteroatoms. The Morgan fingerprint density at radius 3 is 2.54 bits per heavy atom. The average molecular weight is 350 g/mol. The number of non-ortho nitro benzene ring substituents is 1. The molecule has 0 atom stereocenters. The van der Waals surface area contributed by atoms with Crippen LogP contribution in [-0.2, 0) is 0 Å². The highest BCUT2D eigenvalue weighted by Crippen LogP contribution is 2.23. The van der Waals surface area contributed by atoms with Crippen LogP contribution in [0.25, 0.3) is 0 Å². The molecule has 0 saturated heterocycles. The van der Waals surface area contributed by atoms with Crippen molar-refractivity contribution in [3.8, 4) is 11.5 Å². The first-order valence-electron chi connectivity index (χ1n) is 7.63. The Bertz CT molecular complexity index is 975. The van der Waals surface area contributed by atoms with Crippen molar-refractivity contribution in [3.63, 3.8) is 0 Å². The van der Waals surface area contributed by atoms with Gasteiger partial charge in [0, 0.05) is 47.9 Å². The van der Waals surface area contributed by atoms with Gasteiger partial charge in [-0.2, -0.15) is 0 Å². The normalized spacial score (nSPS) is 10.2. The number of ether oxygens (including phenoxy) is 1. The van der Waals surface area contributed by atoms with Gasteiger partial charge in [0.25, 0.3) is 11.6 Å². The molecule has 1 aromatic carbocycles. The molecule has 130 valence electrons. The molecule has 8 nitrogen and oxygen atoms in total. The first-order valence-corrected chi connectivity index (χ1v) is 7.63. The molecule has 0 saturated carbocycles. The molecule has 2 heterocycles. The maximum atomic E-state index is 12.3. The second-order valence-electron chi connectivity index (χ2n) is 5.37. The van der Waals surface area contributed by atoms with Crippen LogP contribution >= 0.6 is 0 Å². The number of nitro groups is 1. The largest absolute Gasteiger partial charge is 0.457 e. The van der Waals surface area contributed by atoms with E-state index >= 15 is 0 Å². The van der Waals surface area contributed by atoms with E-state index in [1.807, 2.05) is 6.92 Å². The van der Waals surface area contributed by atoms with Crippen molar-refractivity contribution in [2.75, 3.05) is 5.32 Å². The summed E-state index contributed by atoms with van der Waals surface area (Å²) in [4.78, 5) is 30.7. The van der Waals surface area contributed by atoms with Crippen LogP contribution in [0.5, 0.6) is 11.5 Å². The highest BCUT2D eigenvalue weighted by atomic mass is 16.6. The lowest BCUT2D eigenvalue weighted by Gasteiger charge is -2.08. The first-order chi connectivity index (χ1) is 12.5. The van der Waals surface area contributed by atoms with Gasteiger partial charge in [-0.25, -0.2) is 4.98 Å². The number of hydrogen-bond donors (Lipinski definition) is 1. The fourth-order valence-electron chi connectivity index (χ4n) is 2.21. The number of carbonyl (C=O) groups is 1. The minimum Gasteiger partial charge on any atom is -0.457 e. The number of hydrogen-bond acceptors (Lipinski definition) is 6. The minimum absolute atomic E-state index is 0.157. The molecule has 0 aliphatic rings. The summed E-state index contributed by atoms with van der Waals surface area (Å²) >= 11 is 0. The third-order valence-electron chi connectivity index (χ3n) is 3.40. The van der Waals surface area contributed by atoms with E-state index in [4.69, 9.17) is 4.74 Å². The highest BCUT2D eigenvalue weighted by Gasteiger charge is 2.12. The number of aryl methyl sites for hydroxylation is 1. The van der Waals surface area contributed by atoms with E-state index in [2.05, 4.69) is 15.3 Å². The summed E-state index contributed by atoms with van der Waals surface area (Å²) < 4.78 is 5.72. The molecule has 3 rings (SSSR count). The topological polar surface area (TPSA) is 107 Å². The zero-order chi connectivity index (χ0) is 18.5. The monoisotopic (exact) mass is 350 g/mol. The van der Waals surface area contributed by atoms with E-state index in [9.17, 15) is 14.9 Å². The zero-order valence-corrected chi connectivity index (χ0v) is 13.7. The van der Waals surface area contributed by atoms with Crippen LogP contribution in [0.4, 0.5) is 11.5 Å². The Balaban J connectivity index is 1.75. The zero-order valence-electron chi connectivity index (χ0n) is 13.7. The second-order valence-corrected chi connectivity index (χ2v) is 5.37. The number of rotatable bonds is 5. The van der Waals surface area contributed by atoms with Crippen molar-refractivity contribution in [1.82, 2.24) is 9.97 Å². The predicted octanol–water partition coefficient (Wildman–Crippen LogP) is 3.74. The van der Waals surface area contributed by atoms with Gasteiger partial charge < -0.3 is 10.1 Å². The summed E-state index contributed by atoms with van der Waals surface area (Å²) in [5.74, 6) is 0.863. The Kier molecular flexibility index (Phi) is 4.84. The summed E-state index contributed by atoms with van der Waals surface area (Å²) in [5, 5.41) is 13.4. The Labute approximate surface area is 148 Å². The van der Waals surface area contributed by atoms with Crippen LogP contribution in [0.3, 0.4) is 0 Å². The van der Waals surface area contributed by atoms with Crippen LogP contribution in [0, 0.1) is 17.0 Å². The van der Waals surface area contributed by atoms with E-state index in [1.165, 1.54) is 30.5 Å². The van der Waals surface area contributed by atoms with Crippen LogP contribution in [-0.4, -0.2) is 20.8 Å². The fourth-order valence-corrected chi connectivity index (χ4v) is 2.21. The van der Waals surface area contributed by atoms with Gasteiger partial charge in [0.1, 0.15) is 17.3 Å². The highest BCUT2D eigenvalue weighted by molar-refractivity contribution is 6.04. The average Bonchev–Trinajstić information content (AvgIpc) is 2.62. The SMILES string of the molecule is Cc1cc(Oc2ccnc(NC(=O)c3cccc([N+](=O)[O-])c3)c2)ccn1. The number of amides is 1. The summed E-state index contributed by atoms with van der Waals surface area (Å²) in [6.45, 7) is 1.85. The summed E-state index contributed by atoms with van der Waals surface area (Å²) in [6.07, 6.45) is 3.13. The summed E-state index contributed by atoms with van der Waals surface area (Å²) in [7, 11) is 0. The molecule has 0 bridgehead atoms. The maximum absolute atomic E-state index is 12.3. The van der Waals surface area contributed by atoms with Gasteiger partial charge in [-0.05, 0) is 25.1 Å². The van der Waals surface area contributed by atoms with Crippen molar-refractivity contribution >= 4 is 17.4 Å². The molecule has 26 heavy (non-hydrogen) atoms. The first kappa shape index (κ1) is 17.0. The maximum Gasteiger partial charge on any atom is 0.270 e. The van der Waals surface area contributed by atoms with Gasteiger partial charge in [-0.1, -0.05) is 6.07 Å². The van der Waals surface area contributed by atoms with Crippen molar-refractivity contribution in [3.05, 3.63) is 82.3 Å². The molecule has 1 amide bonds. The lowest BCUT2D eigenvalue weighted by molar-refractivity contribution is -0.384. The Hall–Kier alpha value is -3.81. The molecule has 0 radical (unpaired) electrons. The molecule has 3 aromatic rings. The van der Waals surface area contributed by atoms with Gasteiger partial charge in [0.05, 0.1) is 4.92 Å². The quantitative estimate of drug-likeness (QED) is 0.555. The Morgan fingerprint density at radius 2 is 1.81 bits per heavy atom. The molecule has 1 N–H and O–H groups in total. The lowest BCUT2D eigenvalue weighted by Crippen LogP contribution is -2.13. The molecule has 0 unspecified atom stereocenters. The molecular formula is C18H14N4O4. The summed E-state index contributed by atoms with van der Waals surface area (Å²) in [6, 6.07) is 12.2. The predicted molar refractivity (Wildman–Crippen MR) is 94.3 cm³/mol. The van der Waals surface area contributed by atoms with E-state index in [-0.39, 0.29) is 17.1 Å². The van der Waals surface area contributed by atoms with E-state index in [0.717, 1.165) is 5.69 Å². The molecule has 0 fully saturated rings. The number of aromatic nitrogens is 2. The van der Waals surface area contributed by atoms with Gasteiger partial charge in [0.2, 0.25) is 0 Å². The van der Waals surface area contributed by atoms with E-state index < -0.39 is 10.8 Å². The number of pyridine rings is 2. The second kappa shape index (κ2) is 7.39. The smallest absolute Gasteiger partial charge is 0.270 e. The molecule has 0 aliphatic carbocycles. The minimum atomic E-state index is -0.555.